The molecular formula is C22H36O3. The van der Waals surface area contributed by atoms with Crippen molar-refractivity contribution in [2.24, 2.45) is 46.8 Å². The molecular weight excluding hydrogens is 312 g/mol. The highest BCUT2D eigenvalue weighted by Gasteiger charge is 2.66. The minimum Gasteiger partial charge on any atom is -0.396 e. The fraction of sp³-hybridized carbons (Fsp3) is 1.00. The molecule has 0 amide bonds. The molecule has 0 bridgehead atoms. The summed E-state index contributed by atoms with van der Waals surface area (Å²) >= 11 is 0. The van der Waals surface area contributed by atoms with Crippen LogP contribution in [-0.2, 0) is 9.47 Å². The van der Waals surface area contributed by atoms with E-state index in [0.717, 1.165) is 55.1 Å². The summed E-state index contributed by atoms with van der Waals surface area (Å²) in [5.74, 6) is 5.20. The van der Waals surface area contributed by atoms with E-state index in [1.165, 1.54) is 44.9 Å². The molecule has 142 valence electrons. The van der Waals surface area contributed by atoms with Crippen molar-refractivity contribution in [3.63, 3.8) is 0 Å². The largest absolute Gasteiger partial charge is 0.396 e. The maximum atomic E-state index is 10.2. The van der Waals surface area contributed by atoms with Crippen LogP contribution in [0.2, 0.25) is 0 Å². The van der Waals surface area contributed by atoms with E-state index in [0.29, 0.717) is 12.5 Å². The molecule has 3 heteroatoms. The Balaban J connectivity index is 1.45. The SMILES string of the molecule is C[C@H]1CC[C@@H]2[C@H]3CC[C@@]4(C)[C@@H](CCC45OCCO5)[C@@H]3C[C@@H](CO)[C@H]2C1. The van der Waals surface area contributed by atoms with Gasteiger partial charge in [0.15, 0.2) is 5.79 Å². The van der Waals surface area contributed by atoms with Crippen LogP contribution < -0.4 is 0 Å². The highest BCUT2D eigenvalue weighted by molar-refractivity contribution is 5.11. The third-order valence-electron chi connectivity index (χ3n) is 9.47. The topological polar surface area (TPSA) is 38.7 Å². The van der Waals surface area contributed by atoms with Crippen molar-refractivity contribution in [1.29, 1.82) is 0 Å². The molecule has 1 saturated heterocycles. The molecule has 25 heavy (non-hydrogen) atoms. The summed E-state index contributed by atoms with van der Waals surface area (Å²) in [4.78, 5) is 0. The van der Waals surface area contributed by atoms with E-state index < -0.39 is 0 Å². The molecule has 0 unspecified atom stereocenters. The van der Waals surface area contributed by atoms with Gasteiger partial charge >= 0.3 is 0 Å². The zero-order valence-corrected chi connectivity index (χ0v) is 16.1. The predicted molar refractivity (Wildman–Crippen MR) is 96.9 cm³/mol. The molecule has 4 saturated carbocycles. The van der Waals surface area contributed by atoms with E-state index in [4.69, 9.17) is 9.47 Å². The van der Waals surface area contributed by atoms with Crippen molar-refractivity contribution >= 4 is 0 Å². The number of rotatable bonds is 1. The fourth-order valence-corrected chi connectivity index (χ4v) is 8.33. The van der Waals surface area contributed by atoms with Crippen molar-refractivity contribution in [3.8, 4) is 0 Å². The van der Waals surface area contributed by atoms with Crippen LogP contribution in [0.25, 0.3) is 0 Å². The Hall–Kier alpha value is -0.120. The maximum absolute atomic E-state index is 10.2. The van der Waals surface area contributed by atoms with Gasteiger partial charge < -0.3 is 14.6 Å². The Morgan fingerprint density at radius 3 is 2.40 bits per heavy atom. The van der Waals surface area contributed by atoms with Crippen LogP contribution >= 0.6 is 0 Å². The molecule has 5 fully saturated rings. The normalized spacial score (nSPS) is 54.1. The molecule has 8 atom stereocenters. The zero-order valence-electron chi connectivity index (χ0n) is 16.1. The summed E-state index contributed by atoms with van der Waals surface area (Å²) in [5.41, 5.74) is 0.194. The van der Waals surface area contributed by atoms with Crippen molar-refractivity contribution in [3.05, 3.63) is 0 Å². The molecule has 1 N–H and O–H groups in total. The van der Waals surface area contributed by atoms with Gasteiger partial charge in [0.1, 0.15) is 0 Å². The van der Waals surface area contributed by atoms with Gasteiger partial charge in [-0.25, -0.2) is 0 Å². The van der Waals surface area contributed by atoms with Crippen LogP contribution in [0.5, 0.6) is 0 Å². The smallest absolute Gasteiger partial charge is 0.174 e. The summed E-state index contributed by atoms with van der Waals surface area (Å²) in [6, 6.07) is 0. The van der Waals surface area contributed by atoms with Crippen molar-refractivity contribution in [2.75, 3.05) is 19.8 Å². The van der Waals surface area contributed by atoms with Crippen molar-refractivity contribution in [2.45, 2.75) is 71.0 Å². The Labute approximate surface area is 152 Å². The first-order chi connectivity index (χ1) is 12.1. The van der Waals surface area contributed by atoms with Gasteiger partial charge in [-0.1, -0.05) is 20.3 Å². The fourth-order valence-electron chi connectivity index (χ4n) is 8.33. The Morgan fingerprint density at radius 1 is 0.880 bits per heavy atom. The molecule has 5 rings (SSSR count). The Bertz CT molecular complexity index is 513. The zero-order chi connectivity index (χ0) is 17.2. The standard InChI is InChI=1S/C22H36O3/c1-14-3-4-16-17-5-7-21(2)20(6-8-22(21)24-9-10-25-22)19(17)12-15(13-23)18(16)11-14/h14-20,23H,3-13H2,1-2H3/t14-,15-,16+,17+,18+,19+,20-,21-/m0/s1. The van der Waals surface area contributed by atoms with Crippen molar-refractivity contribution < 1.29 is 14.6 Å². The molecule has 1 aliphatic heterocycles. The van der Waals surface area contributed by atoms with Gasteiger partial charge in [-0.15, -0.1) is 0 Å². The second-order valence-electron chi connectivity index (χ2n) is 10.3. The minimum absolute atomic E-state index is 0.194. The lowest BCUT2D eigenvalue weighted by Crippen LogP contribution is -2.55. The number of hydrogen-bond acceptors (Lipinski definition) is 3. The predicted octanol–water partition coefficient (Wildman–Crippen LogP) is 4.24. The van der Waals surface area contributed by atoms with Crippen LogP contribution in [0.3, 0.4) is 0 Å². The lowest BCUT2D eigenvalue weighted by atomic mass is 9.47. The number of aliphatic hydroxyl groups excluding tert-OH is 1. The monoisotopic (exact) mass is 348 g/mol. The summed E-state index contributed by atoms with van der Waals surface area (Å²) in [6.45, 7) is 6.84. The average Bonchev–Trinajstić information content (AvgIpc) is 3.20. The summed E-state index contributed by atoms with van der Waals surface area (Å²) in [5, 5.41) is 10.2. The third-order valence-corrected chi connectivity index (χ3v) is 9.47. The molecule has 0 aromatic rings. The quantitative estimate of drug-likeness (QED) is 0.770. The van der Waals surface area contributed by atoms with Crippen molar-refractivity contribution in [1.82, 2.24) is 0 Å². The number of aliphatic hydroxyl groups is 1. The van der Waals surface area contributed by atoms with Gasteiger partial charge in [0.25, 0.3) is 0 Å². The second-order valence-corrected chi connectivity index (χ2v) is 10.3. The minimum atomic E-state index is -0.282. The third kappa shape index (κ3) is 2.28. The Kier molecular flexibility index (Phi) is 4.04. The number of fused-ring (bicyclic) bond motifs is 6. The molecule has 1 heterocycles. The van der Waals surface area contributed by atoms with E-state index in [9.17, 15) is 5.11 Å². The van der Waals surface area contributed by atoms with Gasteiger partial charge in [0.05, 0.1) is 13.2 Å². The first kappa shape index (κ1) is 17.0. The number of ether oxygens (including phenoxy) is 2. The Morgan fingerprint density at radius 2 is 1.64 bits per heavy atom. The summed E-state index contributed by atoms with van der Waals surface area (Å²) in [7, 11) is 0. The van der Waals surface area contributed by atoms with Crippen LogP contribution in [0.1, 0.15) is 65.2 Å². The van der Waals surface area contributed by atoms with Gasteiger partial charge in [0.2, 0.25) is 0 Å². The summed E-state index contributed by atoms with van der Waals surface area (Å²) in [6.07, 6.45) is 10.4. The molecule has 0 aromatic heterocycles. The van der Waals surface area contributed by atoms with E-state index in [2.05, 4.69) is 13.8 Å². The first-order valence-electron chi connectivity index (χ1n) is 11.0. The maximum Gasteiger partial charge on any atom is 0.174 e. The lowest BCUT2D eigenvalue weighted by molar-refractivity contribution is -0.245. The van der Waals surface area contributed by atoms with E-state index >= 15 is 0 Å². The lowest BCUT2D eigenvalue weighted by Gasteiger charge is -2.58. The molecule has 1 spiro atoms. The van der Waals surface area contributed by atoms with E-state index in [-0.39, 0.29) is 11.2 Å². The van der Waals surface area contributed by atoms with Gasteiger partial charge in [0, 0.05) is 18.4 Å². The van der Waals surface area contributed by atoms with Gasteiger partial charge in [-0.05, 0) is 80.0 Å². The highest BCUT2D eigenvalue weighted by Crippen LogP contribution is 2.67. The molecule has 4 aliphatic carbocycles. The highest BCUT2D eigenvalue weighted by atomic mass is 16.7. The molecule has 0 aromatic carbocycles. The van der Waals surface area contributed by atoms with E-state index in [1.54, 1.807) is 0 Å². The molecule has 3 nitrogen and oxygen atoms in total. The first-order valence-corrected chi connectivity index (χ1v) is 11.0. The van der Waals surface area contributed by atoms with Crippen LogP contribution in [-0.4, -0.2) is 30.7 Å². The van der Waals surface area contributed by atoms with Crippen LogP contribution in [0.4, 0.5) is 0 Å². The van der Waals surface area contributed by atoms with E-state index in [1.807, 2.05) is 0 Å². The average molecular weight is 349 g/mol. The number of hydrogen-bond donors (Lipinski definition) is 1. The molecule has 0 radical (unpaired) electrons. The summed E-state index contributed by atoms with van der Waals surface area (Å²) < 4.78 is 12.5. The van der Waals surface area contributed by atoms with Crippen LogP contribution in [0.15, 0.2) is 0 Å². The van der Waals surface area contributed by atoms with Crippen LogP contribution in [0, 0.1) is 46.8 Å². The second kappa shape index (κ2) is 5.94. The molecule has 5 aliphatic rings. The van der Waals surface area contributed by atoms with Gasteiger partial charge in [-0.2, -0.15) is 0 Å². The van der Waals surface area contributed by atoms with Gasteiger partial charge in [-0.3, -0.25) is 0 Å².